The van der Waals surface area contributed by atoms with Gasteiger partial charge >= 0.3 is 0 Å². The lowest BCUT2D eigenvalue weighted by molar-refractivity contribution is -0.154. The fourth-order valence-electron chi connectivity index (χ4n) is 5.38. The fraction of sp³-hybridized carbons (Fsp3) is 0.462. The number of nitrogens with one attached hydrogen (secondary N) is 2. The van der Waals surface area contributed by atoms with E-state index in [-0.39, 0.29) is 18.2 Å². The standard InChI is InChI=1S/C26H31ClN4O3/c1-30-25(32)15-17-14-19(9-11-24(17)34-30)28-26(33)20-10-8-18(27)16-22(20)29-21-6-2-3-7-23(21)31-12-4-5-13-31/h8-11,14,16,21,23,29H,2-7,12-13,15H2,1H3,(H,28,33)/t21-,23+/m1/s1. The number of fused-ring (bicyclic) bond motifs is 1. The Labute approximate surface area is 205 Å². The number of halogens is 1. The Morgan fingerprint density at radius 2 is 1.85 bits per heavy atom. The number of anilines is 2. The molecule has 2 atom stereocenters. The molecule has 1 saturated carbocycles. The second-order valence-electron chi connectivity index (χ2n) is 9.47. The molecule has 0 spiro atoms. The zero-order chi connectivity index (χ0) is 23.7. The first kappa shape index (κ1) is 23.0. The first-order valence-corrected chi connectivity index (χ1v) is 12.5. The number of likely N-dealkylation sites (tertiary alicyclic amines) is 1. The van der Waals surface area contributed by atoms with Crippen LogP contribution in [0.1, 0.15) is 54.4 Å². The van der Waals surface area contributed by atoms with Crippen molar-refractivity contribution in [1.29, 1.82) is 0 Å². The number of nitrogens with zero attached hydrogens (tertiary/aromatic N) is 2. The molecule has 2 heterocycles. The number of carbonyl (C=O) groups is 2. The third-order valence-corrected chi connectivity index (χ3v) is 7.39. The quantitative estimate of drug-likeness (QED) is 0.645. The fourth-order valence-corrected chi connectivity index (χ4v) is 5.55. The molecule has 5 rings (SSSR count). The molecule has 7 nitrogen and oxygen atoms in total. The summed E-state index contributed by atoms with van der Waals surface area (Å²) in [6.45, 7) is 2.32. The molecule has 1 saturated heterocycles. The summed E-state index contributed by atoms with van der Waals surface area (Å²) in [7, 11) is 1.59. The normalized spacial score (nSPS) is 22.8. The Balaban J connectivity index is 1.35. The van der Waals surface area contributed by atoms with Gasteiger partial charge in [-0.05, 0) is 75.2 Å². The Kier molecular flexibility index (Phi) is 6.66. The molecule has 0 unspecified atom stereocenters. The first-order valence-electron chi connectivity index (χ1n) is 12.2. The van der Waals surface area contributed by atoms with E-state index in [2.05, 4.69) is 15.5 Å². The summed E-state index contributed by atoms with van der Waals surface area (Å²) in [6, 6.07) is 11.5. The molecule has 1 aliphatic carbocycles. The van der Waals surface area contributed by atoms with Crippen molar-refractivity contribution in [2.45, 2.75) is 57.0 Å². The Hall–Kier alpha value is -2.77. The Morgan fingerprint density at radius 3 is 2.68 bits per heavy atom. The third-order valence-electron chi connectivity index (χ3n) is 7.15. The predicted molar refractivity (Wildman–Crippen MR) is 133 cm³/mol. The highest BCUT2D eigenvalue weighted by Gasteiger charge is 2.32. The van der Waals surface area contributed by atoms with Crippen molar-refractivity contribution >= 4 is 34.8 Å². The van der Waals surface area contributed by atoms with E-state index in [9.17, 15) is 9.59 Å². The molecule has 180 valence electrons. The van der Waals surface area contributed by atoms with Gasteiger partial charge in [0.25, 0.3) is 11.8 Å². The van der Waals surface area contributed by atoms with E-state index >= 15 is 0 Å². The van der Waals surface area contributed by atoms with E-state index in [4.69, 9.17) is 16.4 Å². The highest BCUT2D eigenvalue weighted by Crippen LogP contribution is 2.32. The van der Waals surface area contributed by atoms with E-state index in [0.29, 0.717) is 34.1 Å². The summed E-state index contributed by atoms with van der Waals surface area (Å²) < 4.78 is 0. The summed E-state index contributed by atoms with van der Waals surface area (Å²) >= 11 is 6.34. The van der Waals surface area contributed by atoms with Crippen LogP contribution in [0.4, 0.5) is 11.4 Å². The van der Waals surface area contributed by atoms with E-state index in [1.807, 2.05) is 6.07 Å². The van der Waals surface area contributed by atoms with Crippen LogP contribution >= 0.6 is 11.6 Å². The molecule has 8 heteroatoms. The molecule has 2 aromatic carbocycles. The van der Waals surface area contributed by atoms with Gasteiger partial charge in [-0.3, -0.25) is 14.5 Å². The number of likely N-dealkylation sites (N-methyl/N-ethyl adjacent to an activating group) is 1. The average molecular weight is 483 g/mol. The van der Waals surface area contributed by atoms with Crippen LogP contribution in [0.3, 0.4) is 0 Å². The van der Waals surface area contributed by atoms with Gasteiger partial charge in [0.05, 0.1) is 12.0 Å². The zero-order valence-electron chi connectivity index (χ0n) is 19.5. The van der Waals surface area contributed by atoms with Crippen LogP contribution in [0.25, 0.3) is 0 Å². The van der Waals surface area contributed by atoms with E-state index in [1.54, 1.807) is 37.4 Å². The Morgan fingerprint density at radius 1 is 1.06 bits per heavy atom. The third kappa shape index (κ3) is 4.86. The number of benzene rings is 2. The minimum absolute atomic E-state index is 0.125. The minimum atomic E-state index is -0.215. The lowest BCUT2D eigenvalue weighted by Crippen LogP contribution is -2.47. The SMILES string of the molecule is CN1Oc2ccc(NC(=O)c3ccc(Cl)cc3N[C@@H]3CCCC[C@@H]3N3CCCC3)cc2CC1=O. The summed E-state index contributed by atoms with van der Waals surface area (Å²) in [5, 5.41) is 8.50. The van der Waals surface area contributed by atoms with Crippen LogP contribution in [0.5, 0.6) is 5.75 Å². The summed E-state index contributed by atoms with van der Waals surface area (Å²) in [4.78, 5) is 33.4. The lowest BCUT2D eigenvalue weighted by Gasteiger charge is -2.39. The highest BCUT2D eigenvalue weighted by molar-refractivity contribution is 6.31. The topological polar surface area (TPSA) is 73.9 Å². The molecule has 2 N–H and O–H groups in total. The number of hydrogen-bond donors (Lipinski definition) is 2. The van der Waals surface area contributed by atoms with Gasteiger partial charge in [-0.2, -0.15) is 5.06 Å². The van der Waals surface area contributed by atoms with Crippen molar-refractivity contribution < 1.29 is 14.4 Å². The molecular weight excluding hydrogens is 452 g/mol. The minimum Gasteiger partial charge on any atom is -0.380 e. The second-order valence-corrected chi connectivity index (χ2v) is 9.91. The van der Waals surface area contributed by atoms with Gasteiger partial charge in [-0.1, -0.05) is 24.4 Å². The average Bonchev–Trinajstić information content (AvgIpc) is 3.35. The van der Waals surface area contributed by atoms with Gasteiger partial charge in [0.2, 0.25) is 0 Å². The molecule has 2 fully saturated rings. The van der Waals surface area contributed by atoms with Gasteiger partial charge in [0, 0.05) is 41.1 Å². The van der Waals surface area contributed by atoms with E-state index in [1.165, 1.54) is 37.2 Å². The number of carbonyl (C=O) groups excluding carboxylic acids is 2. The van der Waals surface area contributed by atoms with Crippen LogP contribution in [0.15, 0.2) is 36.4 Å². The van der Waals surface area contributed by atoms with E-state index < -0.39 is 0 Å². The molecule has 2 aromatic rings. The monoisotopic (exact) mass is 482 g/mol. The maximum Gasteiger partial charge on any atom is 0.259 e. The highest BCUT2D eigenvalue weighted by atomic mass is 35.5. The summed E-state index contributed by atoms with van der Waals surface area (Å²) in [5.41, 5.74) is 2.70. The van der Waals surface area contributed by atoms with Gasteiger partial charge in [-0.15, -0.1) is 0 Å². The molecule has 0 bridgehead atoms. The van der Waals surface area contributed by atoms with Crippen molar-refractivity contribution in [1.82, 2.24) is 9.96 Å². The van der Waals surface area contributed by atoms with Crippen LogP contribution in [-0.4, -0.2) is 54.0 Å². The van der Waals surface area contributed by atoms with Crippen LogP contribution in [0, 0.1) is 0 Å². The summed E-state index contributed by atoms with van der Waals surface area (Å²) in [5.74, 6) is 0.284. The van der Waals surface area contributed by atoms with Crippen molar-refractivity contribution in [2.75, 3.05) is 30.8 Å². The van der Waals surface area contributed by atoms with Crippen LogP contribution < -0.4 is 15.5 Å². The smallest absolute Gasteiger partial charge is 0.259 e. The van der Waals surface area contributed by atoms with Crippen molar-refractivity contribution in [3.05, 3.63) is 52.5 Å². The number of hydroxylamine groups is 2. The van der Waals surface area contributed by atoms with Gasteiger partial charge in [-0.25, -0.2) is 0 Å². The molecule has 0 radical (unpaired) electrons. The second kappa shape index (κ2) is 9.84. The zero-order valence-corrected chi connectivity index (χ0v) is 20.2. The van der Waals surface area contributed by atoms with Gasteiger partial charge < -0.3 is 15.5 Å². The number of hydrogen-bond acceptors (Lipinski definition) is 5. The largest absolute Gasteiger partial charge is 0.380 e. The molecule has 34 heavy (non-hydrogen) atoms. The Bertz CT molecular complexity index is 1090. The molecule has 2 aliphatic heterocycles. The number of amides is 2. The lowest BCUT2D eigenvalue weighted by atomic mass is 9.89. The maximum absolute atomic E-state index is 13.3. The van der Waals surface area contributed by atoms with Gasteiger partial charge in [0.15, 0.2) is 5.75 Å². The molecule has 0 aromatic heterocycles. The van der Waals surface area contributed by atoms with Crippen LogP contribution in [0.2, 0.25) is 5.02 Å². The van der Waals surface area contributed by atoms with Crippen molar-refractivity contribution in [2.24, 2.45) is 0 Å². The van der Waals surface area contributed by atoms with Crippen molar-refractivity contribution in [3.63, 3.8) is 0 Å². The maximum atomic E-state index is 13.3. The molecule has 2 amide bonds. The van der Waals surface area contributed by atoms with E-state index in [0.717, 1.165) is 30.8 Å². The van der Waals surface area contributed by atoms with Crippen LogP contribution in [-0.2, 0) is 11.2 Å². The summed E-state index contributed by atoms with van der Waals surface area (Å²) in [6.07, 6.45) is 7.48. The number of rotatable bonds is 5. The molecular formula is C26H31ClN4O3. The van der Waals surface area contributed by atoms with Crippen molar-refractivity contribution in [3.8, 4) is 5.75 Å². The predicted octanol–water partition coefficient (Wildman–Crippen LogP) is 4.72. The first-order chi connectivity index (χ1) is 16.5. The molecule has 3 aliphatic rings. The van der Waals surface area contributed by atoms with Gasteiger partial charge in [0.1, 0.15) is 0 Å².